The lowest BCUT2D eigenvalue weighted by atomic mass is 9.96. The van der Waals surface area contributed by atoms with E-state index < -0.39 is 5.23 Å². The standard InChI is InChI=1S/C17H22N4O4/c1-11-5-6-13(9-12-3-2-4-15(11)12)18-19-16-8-7-14(20(22)23)10-17(16)21(24)25/h7-8,10,12,19,24-25H,2-6,9H2,1H3/q-2/b18-13+. The van der Waals surface area contributed by atoms with Crippen molar-refractivity contribution in [1.29, 1.82) is 0 Å². The van der Waals surface area contributed by atoms with Gasteiger partial charge in [-0.05, 0) is 69.6 Å². The summed E-state index contributed by atoms with van der Waals surface area (Å²) in [7, 11) is 0. The normalized spacial score (nSPS) is 22.0. The van der Waals surface area contributed by atoms with Crippen molar-refractivity contribution < 1.29 is 10.4 Å². The first-order valence-corrected chi connectivity index (χ1v) is 8.42. The van der Waals surface area contributed by atoms with E-state index in [4.69, 9.17) is 0 Å². The number of fused-ring (bicyclic) bond motifs is 1. The molecule has 8 nitrogen and oxygen atoms in total. The number of nitrogens with one attached hydrogen (secondary N) is 1. The van der Waals surface area contributed by atoms with Gasteiger partial charge >= 0.3 is 0 Å². The van der Waals surface area contributed by atoms with Crippen LogP contribution in [0.1, 0.15) is 45.4 Å². The third kappa shape index (κ3) is 3.93. The van der Waals surface area contributed by atoms with Crippen LogP contribution in [0.15, 0.2) is 34.4 Å². The Kier molecular flexibility index (Phi) is 5.24. The molecule has 2 aliphatic rings. The van der Waals surface area contributed by atoms with Gasteiger partial charge in [0.15, 0.2) is 0 Å². The molecule has 0 amide bonds. The summed E-state index contributed by atoms with van der Waals surface area (Å²) in [6.45, 7) is 2.20. The number of rotatable bonds is 4. The number of anilines is 3. The average molecular weight is 346 g/mol. The van der Waals surface area contributed by atoms with Gasteiger partial charge in [-0.2, -0.15) is 5.10 Å². The number of hydrogen-bond acceptors (Lipinski definition) is 8. The van der Waals surface area contributed by atoms with Crippen molar-refractivity contribution in [3.05, 3.63) is 39.8 Å². The highest BCUT2D eigenvalue weighted by Gasteiger charge is 2.26. The summed E-state index contributed by atoms with van der Waals surface area (Å²) >= 11 is 0. The molecule has 0 bridgehead atoms. The summed E-state index contributed by atoms with van der Waals surface area (Å²) in [6, 6.07) is 3.79. The predicted octanol–water partition coefficient (Wildman–Crippen LogP) is 4.14. The Morgan fingerprint density at radius 3 is 2.72 bits per heavy atom. The van der Waals surface area contributed by atoms with Gasteiger partial charge in [0.05, 0.1) is 5.69 Å². The van der Waals surface area contributed by atoms with Gasteiger partial charge in [-0.3, -0.25) is 15.8 Å². The fourth-order valence-corrected chi connectivity index (χ4v) is 3.72. The Morgan fingerprint density at radius 1 is 1.20 bits per heavy atom. The van der Waals surface area contributed by atoms with Crippen LogP contribution in [0.4, 0.5) is 17.1 Å². The van der Waals surface area contributed by atoms with Crippen LogP contribution in [-0.2, 0) is 0 Å². The SMILES string of the molecule is CC1=C2CCCC2C/C(=N/Nc2ccc(N([O-])[O-])cc2N(O)O)CC1. The van der Waals surface area contributed by atoms with Crippen LogP contribution in [0.25, 0.3) is 0 Å². The van der Waals surface area contributed by atoms with Crippen LogP contribution in [0.5, 0.6) is 0 Å². The highest BCUT2D eigenvalue weighted by Crippen LogP contribution is 2.39. The molecule has 2 aliphatic carbocycles. The van der Waals surface area contributed by atoms with Gasteiger partial charge in [0.2, 0.25) is 0 Å². The van der Waals surface area contributed by atoms with E-state index >= 15 is 0 Å². The molecule has 0 spiro atoms. The van der Waals surface area contributed by atoms with E-state index in [9.17, 15) is 20.8 Å². The lowest BCUT2D eigenvalue weighted by Crippen LogP contribution is -2.15. The van der Waals surface area contributed by atoms with Crippen molar-refractivity contribution in [1.82, 2.24) is 0 Å². The molecule has 1 unspecified atom stereocenters. The number of hydrazone groups is 1. The van der Waals surface area contributed by atoms with Gasteiger partial charge in [0.1, 0.15) is 5.69 Å². The highest BCUT2D eigenvalue weighted by atomic mass is 16.8. The minimum Gasteiger partial charge on any atom is -0.769 e. The molecule has 1 saturated carbocycles. The first kappa shape index (κ1) is 17.7. The summed E-state index contributed by atoms with van der Waals surface area (Å²) in [5.74, 6) is 0.562. The van der Waals surface area contributed by atoms with Crippen molar-refractivity contribution in [3.63, 3.8) is 0 Å². The molecule has 136 valence electrons. The largest absolute Gasteiger partial charge is 0.769 e. The molecule has 0 radical (unpaired) electrons. The maximum Gasteiger partial charge on any atom is 0.121 e. The Morgan fingerprint density at radius 2 is 2.00 bits per heavy atom. The zero-order chi connectivity index (χ0) is 18.0. The second-order valence-electron chi connectivity index (χ2n) is 6.64. The first-order valence-electron chi connectivity index (χ1n) is 8.42. The number of benzene rings is 1. The summed E-state index contributed by atoms with van der Waals surface area (Å²) in [6.07, 6.45) is 6.37. The van der Waals surface area contributed by atoms with E-state index in [1.54, 1.807) is 5.57 Å². The quantitative estimate of drug-likeness (QED) is 0.554. The van der Waals surface area contributed by atoms with Gasteiger partial charge < -0.3 is 15.6 Å². The maximum atomic E-state index is 10.8. The molecule has 8 heteroatoms. The molecule has 3 rings (SSSR count). The van der Waals surface area contributed by atoms with E-state index in [2.05, 4.69) is 17.5 Å². The van der Waals surface area contributed by atoms with Crippen molar-refractivity contribution >= 4 is 22.8 Å². The van der Waals surface area contributed by atoms with Crippen molar-refractivity contribution in [2.75, 3.05) is 15.9 Å². The smallest absolute Gasteiger partial charge is 0.121 e. The summed E-state index contributed by atoms with van der Waals surface area (Å²) in [4.78, 5) is 0. The fraction of sp³-hybridized carbons (Fsp3) is 0.471. The van der Waals surface area contributed by atoms with Crippen LogP contribution in [0.2, 0.25) is 0 Å². The topological polar surface area (TPSA) is 117 Å². The zero-order valence-corrected chi connectivity index (χ0v) is 14.1. The average Bonchev–Trinajstić information content (AvgIpc) is 2.99. The van der Waals surface area contributed by atoms with Crippen LogP contribution in [0.3, 0.4) is 0 Å². The Balaban J connectivity index is 1.78. The van der Waals surface area contributed by atoms with Crippen LogP contribution >= 0.6 is 0 Å². The molecule has 0 heterocycles. The Hall–Kier alpha value is -2.13. The molecule has 0 aliphatic heterocycles. The van der Waals surface area contributed by atoms with Crippen LogP contribution < -0.4 is 15.9 Å². The van der Waals surface area contributed by atoms with Crippen LogP contribution in [0, 0.1) is 16.3 Å². The number of hydrogen-bond donors (Lipinski definition) is 3. The van der Waals surface area contributed by atoms with Gasteiger partial charge in [0, 0.05) is 11.4 Å². The number of nitrogens with zero attached hydrogens (tertiary/aromatic N) is 3. The molecular formula is C17H22N4O4-2. The van der Waals surface area contributed by atoms with Crippen LogP contribution in [-0.4, -0.2) is 16.1 Å². The zero-order valence-electron chi connectivity index (χ0n) is 14.1. The summed E-state index contributed by atoms with van der Waals surface area (Å²) < 4.78 is 0. The predicted molar refractivity (Wildman–Crippen MR) is 96.7 cm³/mol. The molecular weight excluding hydrogens is 324 g/mol. The second-order valence-corrected chi connectivity index (χ2v) is 6.64. The molecule has 3 N–H and O–H groups in total. The van der Waals surface area contributed by atoms with Gasteiger partial charge in [-0.25, -0.2) is 0 Å². The third-order valence-electron chi connectivity index (χ3n) is 5.05. The minimum atomic E-state index is -0.593. The first-order chi connectivity index (χ1) is 12.0. The minimum absolute atomic E-state index is 0.122. The Bertz CT molecular complexity index is 700. The van der Waals surface area contributed by atoms with Crippen molar-refractivity contribution in [2.45, 2.75) is 45.4 Å². The fourth-order valence-electron chi connectivity index (χ4n) is 3.72. The molecule has 0 aromatic heterocycles. The molecule has 25 heavy (non-hydrogen) atoms. The van der Waals surface area contributed by atoms with E-state index in [1.165, 1.54) is 37.0 Å². The van der Waals surface area contributed by atoms with E-state index in [0.717, 1.165) is 31.0 Å². The van der Waals surface area contributed by atoms with Gasteiger partial charge in [-0.1, -0.05) is 11.1 Å². The van der Waals surface area contributed by atoms with Crippen molar-refractivity contribution in [2.24, 2.45) is 11.0 Å². The van der Waals surface area contributed by atoms with E-state index in [1.807, 2.05) is 0 Å². The third-order valence-corrected chi connectivity index (χ3v) is 5.05. The molecule has 1 aromatic rings. The van der Waals surface area contributed by atoms with E-state index in [-0.39, 0.29) is 16.6 Å². The molecule has 0 saturated heterocycles. The molecule has 1 fully saturated rings. The summed E-state index contributed by atoms with van der Waals surface area (Å²) in [5, 5.41) is 44.0. The maximum absolute atomic E-state index is 10.8. The summed E-state index contributed by atoms with van der Waals surface area (Å²) in [5.41, 5.74) is 6.87. The Labute approximate surface area is 146 Å². The lowest BCUT2D eigenvalue weighted by Gasteiger charge is -2.37. The second kappa shape index (κ2) is 7.40. The number of allylic oxidation sites excluding steroid dienone is 2. The lowest BCUT2D eigenvalue weighted by molar-refractivity contribution is 0.0295. The molecule has 1 atom stereocenters. The van der Waals surface area contributed by atoms with Gasteiger partial charge in [-0.15, -0.1) is 5.23 Å². The molecule has 1 aromatic carbocycles. The monoisotopic (exact) mass is 346 g/mol. The van der Waals surface area contributed by atoms with E-state index in [0.29, 0.717) is 11.6 Å². The van der Waals surface area contributed by atoms with Crippen molar-refractivity contribution in [3.8, 4) is 0 Å². The van der Waals surface area contributed by atoms with Gasteiger partial charge in [0.25, 0.3) is 0 Å². The highest BCUT2D eigenvalue weighted by molar-refractivity contribution is 5.87.